The first-order valence-corrected chi connectivity index (χ1v) is 20.0. The van der Waals surface area contributed by atoms with Gasteiger partial charge in [-0.2, -0.15) is 0 Å². The molecule has 0 aromatic heterocycles. The molecule has 50 heavy (non-hydrogen) atoms. The van der Waals surface area contributed by atoms with Crippen LogP contribution in [0.2, 0.25) is 0 Å². The second-order valence-corrected chi connectivity index (χ2v) is 13.9. The maximum atomic E-state index is 12.6. The van der Waals surface area contributed by atoms with Gasteiger partial charge in [0.25, 0.3) is 0 Å². The van der Waals surface area contributed by atoms with Crippen molar-refractivity contribution in [1.29, 1.82) is 0 Å². The molecule has 0 saturated carbocycles. The Kier molecular flexibility index (Phi) is 29.2. The lowest BCUT2D eigenvalue weighted by molar-refractivity contribution is -0.154. The Labute approximate surface area is 304 Å². The van der Waals surface area contributed by atoms with Crippen LogP contribution in [-0.4, -0.2) is 74.3 Å². The van der Waals surface area contributed by atoms with E-state index in [-0.39, 0.29) is 56.2 Å². The number of unbranched alkanes of at least 4 members (excludes halogenated alkanes) is 11. The average Bonchev–Trinajstić information content (AvgIpc) is 3.63. The van der Waals surface area contributed by atoms with Crippen LogP contribution in [0.4, 0.5) is 0 Å². The summed E-state index contributed by atoms with van der Waals surface area (Å²) in [5.41, 5.74) is 0. The molecule has 0 spiro atoms. The summed E-state index contributed by atoms with van der Waals surface area (Å²) in [6.45, 7) is 12.8. The number of ether oxygens (including phenoxy) is 4. The normalized spacial score (nSPS) is 13.6. The van der Waals surface area contributed by atoms with Crippen molar-refractivity contribution in [3.63, 3.8) is 0 Å². The second kappa shape index (κ2) is 32.2. The van der Waals surface area contributed by atoms with Gasteiger partial charge < -0.3 is 23.8 Å². The van der Waals surface area contributed by atoms with Gasteiger partial charge in [-0.15, -0.1) is 13.2 Å². The molecule has 0 radical (unpaired) electrons. The predicted molar refractivity (Wildman–Crippen MR) is 200 cm³/mol. The maximum Gasteiger partial charge on any atom is 0.306 e. The molecule has 1 aliphatic heterocycles. The van der Waals surface area contributed by atoms with Gasteiger partial charge in [0.2, 0.25) is 0 Å². The third kappa shape index (κ3) is 27.1. The van der Waals surface area contributed by atoms with Crippen LogP contribution in [0.25, 0.3) is 0 Å². The summed E-state index contributed by atoms with van der Waals surface area (Å²) in [6.07, 6.45) is 24.6. The summed E-state index contributed by atoms with van der Waals surface area (Å²) in [5, 5.41) is 0. The minimum Gasteiger partial charge on any atom is -0.465 e. The second-order valence-electron chi connectivity index (χ2n) is 13.9. The number of carbonyl (C=O) groups excluding carboxylic acids is 4. The van der Waals surface area contributed by atoms with Gasteiger partial charge >= 0.3 is 23.9 Å². The highest BCUT2D eigenvalue weighted by Crippen LogP contribution is 2.18. The summed E-state index contributed by atoms with van der Waals surface area (Å²) < 4.78 is 22.3. The summed E-state index contributed by atoms with van der Waals surface area (Å²) in [5.74, 6) is -1.52. The molecule has 1 rings (SSSR count). The van der Waals surface area contributed by atoms with Crippen molar-refractivity contribution in [2.24, 2.45) is 5.92 Å². The molecule has 0 aromatic carbocycles. The summed E-state index contributed by atoms with van der Waals surface area (Å²) >= 11 is 0. The fourth-order valence-corrected chi connectivity index (χ4v) is 6.04. The maximum absolute atomic E-state index is 12.6. The van der Waals surface area contributed by atoms with Crippen molar-refractivity contribution in [2.45, 2.75) is 167 Å². The van der Waals surface area contributed by atoms with Crippen LogP contribution in [-0.2, 0) is 38.1 Å². The van der Waals surface area contributed by atoms with Crippen molar-refractivity contribution in [3.8, 4) is 0 Å². The van der Waals surface area contributed by atoms with E-state index in [2.05, 4.69) is 25.0 Å². The quantitative estimate of drug-likeness (QED) is 0.0280. The van der Waals surface area contributed by atoms with Gasteiger partial charge in [-0.25, -0.2) is 0 Å². The third-order valence-electron chi connectivity index (χ3n) is 9.16. The van der Waals surface area contributed by atoms with Crippen LogP contribution in [0.1, 0.15) is 161 Å². The minimum atomic E-state index is -0.423. The van der Waals surface area contributed by atoms with Gasteiger partial charge in [-0.1, -0.05) is 57.6 Å². The van der Waals surface area contributed by atoms with E-state index in [1.807, 2.05) is 12.2 Å². The molecule has 1 atom stereocenters. The zero-order valence-electron chi connectivity index (χ0n) is 31.7. The molecular formula is C41H71NO8. The lowest BCUT2D eigenvalue weighted by Crippen LogP contribution is -2.27. The van der Waals surface area contributed by atoms with Gasteiger partial charge in [0.05, 0.1) is 5.92 Å². The number of nitrogens with zero attached hydrogens (tertiary/aromatic N) is 1. The van der Waals surface area contributed by atoms with Crippen LogP contribution in [0.15, 0.2) is 25.3 Å². The van der Waals surface area contributed by atoms with Crippen molar-refractivity contribution >= 4 is 23.9 Å². The van der Waals surface area contributed by atoms with Crippen molar-refractivity contribution in [2.75, 3.05) is 39.5 Å². The minimum absolute atomic E-state index is 0.0118. The molecule has 0 amide bonds. The lowest BCUT2D eigenvalue weighted by atomic mass is 10.0. The van der Waals surface area contributed by atoms with Crippen molar-refractivity contribution in [3.05, 3.63) is 25.3 Å². The highest BCUT2D eigenvalue weighted by atomic mass is 16.6. The molecule has 0 aliphatic carbocycles. The van der Waals surface area contributed by atoms with Crippen molar-refractivity contribution in [1.82, 2.24) is 4.90 Å². The number of carbonyl (C=O) groups is 4. The van der Waals surface area contributed by atoms with Crippen LogP contribution >= 0.6 is 0 Å². The molecule has 0 aromatic rings. The van der Waals surface area contributed by atoms with Crippen LogP contribution in [0, 0.1) is 5.92 Å². The molecule has 1 heterocycles. The zero-order valence-corrected chi connectivity index (χ0v) is 31.7. The summed E-state index contributed by atoms with van der Waals surface area (Å²) in [6, 6.07) is 0. The summed E-state index contributed by atoms with van der Waals surface area (Å²) in [7, 11) is 0. The first kappa shape index (κ1) is 45.3. The Balaban J connectivity index is 2.39. The number of hydrogen-bond donors (Lipinski definition) is 0. The zero-order chi connectivity index (χ0) is 36.5. The van der Waals surface area contributed by atoms with Gasteiger partial charge in [0.1, 0.15) is 25.9 Å². The molecular weight excluding hydrogens is 634 g/mol. The SMILES string of the molecule is C=CCCCCCC(CCCCCC=C)OC(=O)CCCCCC(=O)OCC(COC(=O)CCCCCC)COC(=O)CCCN1CCCC1. The standard InChI is InChI=1S/C41H71NO8/c1-4-7-10-13-16-24-37(25-17-14-11-8-5-2)50-41(46)28-20-15-19-27-39(44)48-34-36(33-47-38(43)26-18-12-9-6-3)35-49-40(45)29-23-32-42-30-21-22-31-42/h4-5,36-37H,1-2,6-35H2,3H3. The van der Waals surface area contributed by atoms with E-state index >= 15 is 0 Å². The molecule has 1 unspecified atom stereocenters. The lowest BCUT2D eigenvalue weighted by Gasteiger charge is -2.18. The Hall–Kier alpha value is -2.68. The van der Waals surface area contributed by atoms with Gasteiger partial charge in [0, 0.05) is 25.7 Å². The van der Waals surface area contributed by atoms with E-state index < -0.39 is 5.92 Å². The summed E-state index contributed by atoms with van der Waals surface area (Å²) in [4.78, 5) is 52.1. The number of likely N-dealkylation sites (tertiary alicyclic amines) is 1. The monoisotopic (exact) mass is 706 g/mol. The third-order valence-corrected chi connectivity index (χ3v) is 9.16. The fraction of sp³-hybridized carbons (Fsp3) is 0.805. The van der Waals surface area contributed by atoms with E-state index in [1.165, 1.54) is 12.8 Å². The van der Waals surface area contributed by atoms with Crippen LogP contribution in [0.3, 0.4) is 0 Å². The molecule has 9 nitrogen and oxygen atoms in total. The Morgan fingerprint density at radius 3 is 1.50 bits per heavy atom. The fourth-order valence-electron chi connectivity index (χ4n) is 6.04. The van der Waals surface area contributed by atoms with E-state index in [0.717, 1.165) is 116 Å². The van der Waals surface area contributed by atoms with E-state index in [0.29, 0.717) is 38.5 Å². The number of hydrogen-bond acceptors (Lipinski definition) is 9. The number of rotatable bonds is 34. The Morgan fingerprint density at radius 2 is 1.02 bits per heavy atom. The largest absolute Gasteiger partial charge is 0.465 e. The molecule has 1 saturated heterocycles. The molecule has 288 valence electrons. The molecule has 1 aliphatic rings. The van der Waals surface area contributed by atoms with Crippen molar-refractivity contribution < 1.29 is 38.1 Å². The highest BCUT2D eigenvalue weighted by molar-refractivity contribution is 5.70. The first-order valence-electron chi connectivity index (χ1n) is 20.0. The van der Waals surface area contributed by atoms with Gasteiger partial charge in [0.15, 0.2) is 0 Å². The highest BCUT2D eigenvalue weighted by Gasteiger charge is 2.19. The number of allylic oxidation sites excluding steroid dienone is 2. The Bertz CT molecular complexity index is 898. The topological polar surface area (TPSA) is 108 Å². The molecule has 0 N–H and O–H groups in total. The molecule has 0 bridgehead atoms. The first-order chi connectivity index (χ1) is 24.4. The van der Waals surface area contributed by atoms with Gasteiger partial charge in [-0.05, 0) is 110 Å². The van der Waals surface area contributed by atoms with E-state index in [1.54, 1.807) is 0 Å². The van der Waals surface area contributed by atoms with E-state index in [4.69, 9.17) is 18.9 Å². The molecule has 1 fully saturated rings. The molecule has 9 heteroatoms. The average molecular weight is 706 g/mol. The smallest absolute Gasteiger partial charge is 0.306 e. The predicted octanol–water partition coefficient (Wildman–Crippen LogP) is 9.21. The van der Waals surface area contributed by atoms with Gasteiger partial charge in [-0.3, -0.25) is 19.2 Å². The van der Waals surface area contributed by atoms with E-state index in [9.17, 15) is 19.2 Å². The van der Waals surface area contributed by atoms with Crippen LogP contribution in [0.5, 0.6) is 0 Å². The Morgan fingerprint density at radius 1 is 0.580 bits per heavy atom. The number of esters is 4. The van der Waals surface area contributed by atoms with Crippen LogP contribution < -0.4 is 0 Å².